The topological polar surface area (TPSA) is 76.7 Å². The number of hydrogen-bond donors (Lipinski definition) is 2. The zero-order valence-corrected chi connectivity index (χ0v) is 16.8. The van der Waals surface area contributed by atoms with Crippen LogP contribution in [0.25, 0.3) is 0 Å². The molecule has 2 aromatic carbocycles. The Morgan fingerprint density at radius 1 is 0.964 bits per heavy atom. The SMILES string of the molecule is CCOC(=O)c1ccc(C(=O)OCC)c(NC(=S)NCCc2ccccc2)c1. The van der Waals surface area contributed by atoms with Gasteiger partial charge in [0.1, 0.15) is 0 Å². The minimum atomic E-state index is -0.493. The maximum Gasteiger partial charge on any atom is 0.340 e. The molecule has 0 radical (unpaired) electrons. The van der Waals surface area contributed by atoms with Crippen LogP contribution < -0.4 is 10.6 Å². The molecule has 0 heterocycles. The van der Waals surface area contributed by atoms with E-state index in [0.717, 1.165) is 6.42 Å². The molecule has 0 spiro atoms. The van der Waals surface area contributed by atoms with Crippen LogP contribution in [0.5, 0.6) is 0 Å². The van der Waals surface area contributed by atoms with Crippen molar-refractivity contribution in [1.29, 1.82) is 0 Å². The van der Waals surface area contributed by atoms with Gasteiger partial charge >= 0.3 is 11.9 Å². The van der Waals surface area contributed by atoms with E-state index in [1.165, 1.54) is 23.8 Å². The second kappa shape index (κ2) is 11.0. The first-order chi connectivity index (χ1) is 13.5. The lowest BCUT2D eigenvalue weighted by Crippen LogP contribution is -2.31. The Hall–Kier alpha value is -2.93. The summed E-state index contributed by atoms with van der Waals surface area (Å²) in [6.07, 6.45) is 0.802. The van der Waals surface area contributed by atoms with Crippen LogP contribution in [0.1, 0.15) is 40.1 Å². The van der Waals surface area contributed by atoms with E-state index < -0.39 is 11.9 Å². The summed E-state index contributed by atoms with van der Waals surface area (Å²) in [7, 11) is 0. The fourth-order valence-corrected chi connectivity index (χ4v) is 2.72. The molecular weight excluding hydrogens is 376 g/mol. The van der Waals surface area contributed by atoms with Crippen molar-refractivity contribution in [2.75, 3.05) is 25.1 Å². The first-order valence-corrected chi connectivity index (χ1v) is 9.53. The van der Waals surface area contributed by atoms with E-state index in [2.05, 4.69) is 10.6 Å². The molecule has 0 bridgehead atoms. The van der Waals surface area contributed by atoms with E-state index in [9.17, 15) is 9.59 Å². The minimum Gasteiger partial charge on any atom is -0.462 e. The Kier molecular flexibility index (Phi) is 8.42. The van der Waals surface area contributed by atoms with E-state index in [1.54, 1.807) is 13.8 Å². The number of thiocarbonyl (C=S) groups is 1. The van der Waals surface area contributed by atoms with Gasteiger partial charge in [0, 0.05) is 6.54 Å². The lowest BCUT2D eigenvalue weighted by molar-refractivity contribution is 0.0512. The fourth-order valence-electron chi connectivity index (χ4n) is 2.51. The minimum absolute atomic E-state index is 0.248. The number of benzene rings is 2. The Morgan fingerprint density at radius 3 is 2.32 bits per heavy atom. The molecule has 0 aromatic heterocycles. The first kappa shape index (κ1) is 21.4. The van der Waals surface area contributed by atoms with Gasteiger partial charge in [-0.15, -0.1) is 0 Å². The van der Waals surface area contributed by atoms with Crippen LogP contribution in [0.2, 0.25) is 0 Å². The van der Waals surface area contributed by atoms with Crippen LogP contribution in [0.15, 0.2) is 48.5 Å². The van der Waals surface area contributed by atoms with Gasteiger partial charge in [-0.05, 0) is 56.2 Å². The molecule has 148 valence electrons. The zero-order chi connectivity index (χ0) is 20.4. The largest absolute Gasteiger partial charge is 0.462 e. The van der Waals surface area contributed by atoms with Crippen LogP contribution >= 0.6 is 12.2 Å². The average molecular weight is 401 g/mol. The molecule has 0 aliphatic rings. The molecule has 2 N–H and O–H groups in total. The molecule has 0 atom stereocenters. The maximum atomic E-state index is 12.2. The normalized spacial score (nSPS) is 10.1. The summed E-state index contributed by atoms with van der Waals surface area (Å²) < 4.78 is 10.1. The lowest BCUT2D eigenvalue weighted by atomic mass is 10.1. The van der Waals surface area contributed by atoms with Gasteiger partial charge in [0.05, 0.1) is 30.0 Å². The molecule has 0 amide bonds. The Bertz CT molecular complexity index is 824. The van der Waals surface area contributed by atoms with Crippen molar-refractivity contribution >= 4 is 35.0 Å². The number of carbonyl (C=O) groups is 2. The van der Waals surface area contributed by atoms with Gasteiger partial charge in [-0.2, -0.15) is 0 Å². The van der Waals surface area contributed by atoms with E-state index in [4.69, 9.17) is 21.7 Å². The fraction of sp³-hybridized carbons (Fsp3) is 0.286. The highest BCUT2D eigenvalue weighted by atomic mass is 32.1. The molecule has 2 aromatic rings. The predicted octanol–water partition coefficient (Wildman–Crippen LogP) is 3.57. The van der Waals surface area contributed by atoms with Crippen molar-refractivity contribution in [2.24, 2.45) is 0 Å². The maximum absolute atomic E-state index is 12.2. The molecule has 0 aliphatic carbocycles. The Balaban J connectivity index is 2.08. The second-order valence-corrected chi connectivity index (χ2v) is 6.23. The monoisotopic (exact) mass is 400 g/mol. The second-order valence-electron chi connectivity index (χ2n) is 5.82. The molecule has 0 saturated heterocycles. The summed E-state index contributed by atoms with van der Waals surface area (Å²) in [6, 6.07) is 14.6. The third-order valence-corrected chi connectivity index (χ3v) is 4.06. The van der Waals surface area contributed by atoms with Gasteiger partial charge in [-0.3, -0.25) is 0 Å². The number of ether oxygens (including phenoxy) is 2. The van der Waals surface area contributed by atoms with E-state index >= 15 is 0 Å². The lowest BCUT2D eigenvalue weighted by Gasteiger charge is -2.15. The van der Waals surface area contributed by atoms with E-state index in [0.29, 0.717) is 28.5 Å². The van der Waals surface area contributed by atoms with Crippen LogP contribution in [-0.2, 0) is 15.9 Å². The van der Waals surface area contributed by atoms with Gasteiger partial charge in [-0.25, -0.2) is 9.59 Å². The van der Waals surface area contributed by atoms with Gasteiger partial charge in [0.15, 0.2) is 5.11 Å². The van der Waals surface area contributed by atoms with Gasteiger partial charge < -0.3 is 20.1 Å². The summed E-state index contributed by atoms with van der Waals surface area (Å²) in [6.45, 7) is 4.60. The molecule has 2 rings (SSSR count). The zero-order valence-electron chi connectivity index (χ0n) is 16.0. The summed E-state index contributed by atoms with van der Waals surface area (Å²) in [5.41, 5.74) is 2.20. The van der Waals surface area contributed by atoms with Gasteiger partial charge in [0.25, 0.3) is 0 Å². The summed E-state index contributed by atoms with van der Waals surface area (Å²) in [5.74, 6) is -0.962. The molecule has 0 aliphatic heterocycles. The van der Waals surface area contributed by atoms with Crippen LogP contribution in [0.3, 0.4) is 0 Å². The Morgan fingerprint density at radius 2 is 1.64 bits per heavy atom. The van der Waals surface area contributed by atoms with Crippen molar-refractivity contribution in [3.63, 3.8) is 0 Å². The molecule has 28 heavy (non-hydrogen) atoms. The van der Waals surface area contributed by atoms with E-state index in [1.807, 2.05) is 30.3 Å². The molecule has 0 fully saturated rings. The number of hydrogen-bond acceptors (Lipinski definition) is 5. The van der Waals surface area contributed by atoms with Crippen LogP contribution in [0, 0.1) is 0 Å². The summed E-state index contributed by atoms with van der Waals surface area (Å²) >= 11 is 5.33. The van der Waals surface area contributed by atoms with Crippen molar-refractivity contribution in [3.8, 4) is 0 Å². The highest BCUT2D eigenvalue weighted by molar-refractivity contribution is 7.80. The highest BCUT2D eigenvalue weighted by Crippen LogP contribution is 2.20. The third-order valence-electron chi connectivity index (χ3n) is 3.82. The van der Waals surface area contributed by atoms with Crippen LogP contribution in [-0.4, -0.2) is 36.8 Å². The molecule has 6 nitrogen and oxygen atoms in total. The quantitative estimate of drug-likeness (QED) is 0.518. The first-order valence-electron chi connectivity index (χ1n) is 9.12. The van der Waals surface area contributed by atoms with Gasteiger partial charge in [-0.1, -0.05) is 30.3 Å². The summed E-state index contributed by atoms with van der Waals surface area (Å²) in [4.78, 5) is 24.2. The molecule has 0 unspecified atom stereocenters. The molecule has 7 heteroatoms. The van der Waals surface area contributed by atoms with Crippen molar-refractivity contribution in [3.05, 3.63) is 65.2 Å². The van der Waals surface area contributed by atoms with Gasteiger partial charge in [0.2, 0.25) is 0 Å². The number of anilines is 1. The van der Waals surface area contributed by atoms with Crippen molar-refractivity contribution < 1.29 is 19.1 Å². The highest BCUT2D eigenvalue weighted by Gasteiger charge is 2.17. The molecular formula is C21H24N2O4S. The Labute approximate surface area is 170 Å². The van der Waals surface area contributed by atoms with Crippen molar-refractivity contribution in [1.82, 2.24) is 5.32 Å². The summed E-state index contributed by atoms with van der Waals surface area (Å²) in [5, 5.41) is 6.44. The number of carbonyl (C=O) groups excluding carboxylic acids is 2. The molecule has 0 saturated carbocycles. The third kappa shape index (κ3) is 6.35. The van der Waals surface area contributed by atoms with E-state index in [-0.39, 0.29) is 13.2 Å². The smallest absolute Gasteiger partial charge is 0.340 e. The average Bonchev–Trinajstić information content (AvgIpc) is 2.69. The number of nitrogens with one attached hydrogen (secondary N) is 2. The number of esters is 2. The number of rotatable bonds is 8. The van der Waals surface area contributed by atoms with Crippen molar-refractivity contribution in [2.45, 2.75) is 20.3 Å². The predicted molar refractivity (Wildman–Crippen MR) is 113 cm³/mol. The van der Waals surface area contributed by atoms with Crippen LogP contribution in [0.4, 0.5) is 5.69 Å². The standard InChI is InChI=1S/C21H24N2O4S/c1-3-26-19(24)16-10-11-17(20(25)27-4-2)18(14-16)23-21(28)22-13-12-15-8-6-5-7-9-15/h5-11,14H,3-4,12-13H2,1-2H3,(H2,22,23,28).